The Kier molecular flexibility index (Phi) is 3.29. The quantitative estimate of drug-likeness (QED) is 0.833. The Bertz CT molecular complexity index is 676. The van der Waals surface area contributed by atoms with E-state index in [2.05, 4.69) is 16.2 Å². The zero-order valence-electron chi connectivity index (χ0n) is 10.7. The lowest BCUT2D eigenvalue weighted by Gasteiger charge is -2.25. The monoisotopic (exact) mass is 264 g/mol. The summed E-state index contributed by atoms with van der Waals surface area (Å²) in [6, 6.07) is 15.1. The van der Waals surface area contributed by atoms with Crippen molar-refractivity contribution in [2.24, 2.45) is 5.10 Å². The van der Waals surface area contributed by atoms with Crippen molar-refractivity contribution in [2.45, 2.75) is 0 Å². The van der Waals surface area contributed by atoms with E-state index in [1.54, 1.807) is 17.3 Å². The molecule has 0 fully saturated rings. The van der Waals surface area contributed by atoms with Crippen LogP contribution >= 0.6 is 0 Å². The lowest BCUT2D eigenvalue weighted by molar-refractivity contribution is 0.292. The highest BCUT2D eigenvalue weighted by Gasteiger charge is 2.18. The highest BCUT2D eigenvalue weighted by molar-refractivity contribution is 5.93. The number of hydrogen-bond donors (Lipinski definition) is 0. The first kappa shape index (κ1) is 12.2. The van der Waals surface area contributed by atoms with E-state index in [4.69, 9.17) is 10.00 Å². The molecule has 0 radical (unpaired) electrons. The molecule has 0 amide bonds. The lowest BCUT2D eigenvalue weighted by atomic mass is 10.2. The van der Waals surface area contributed by atoms with Crippen molar-refractivity contribution in [1.29, 1.82) is 5.26 Å². The van der Waals surface area contributed by atoms with E-state index in [9.17, 15) is 0 Å². The van der Waals surface area contributed by atoms with Gasteiger partial charge in [0.1, 0.15) is 18.4 Å². The minimum atomic E-state index is 0.476. The van der Waals surface area contributed by atoms with E-state index in [1.165, 1.54) is 0 Å². The molecule has 2 heterocycles. The molecule has 1 aliphatic heterocycles. The Morgan fingerprint density at radius 2 is 2.00 bits per heavy atom. The third-order valence-electron chi connectivity index (χ3n) is 2.94. The summed E-state index contributed by atoms with van der Waals surface area (Å²) < 4.78 is 5.55. The van der Waals surface area contributed by atoms with Gasteiger partial charge in [0.25, 0.3) is 5.90 Å². The molecule has 5 nitrogen and oxygen atoms in total. The van der Waals surface area contributed by atoms with E-state index in [0.29, 0.717) is 30.3 Å². The standard InChI is InChI=1S/C15H12N4O/c16-11-12-5-1-2-7-14(12)19-9-10-20-15(18-19)13-6-3-4-8-17-13/h1-8H,9-10H2. The summed E-state index contributed by atoms with van der Waals surface area (Å²) in [5, 5.41) is 15.4. The highest BCUT2D eigenvalue weighted by atomic mass is 16.5. The minimum Gasteiger partial charge on any atom is -0.473 e. The van der Waals surface area contributed by atoms with Crippen LogP contribution in [0.25, 0.3) is 0 Å². The van der Waals surface area contributed by atoms with Crippen molar-refractivity contribution in [2.75, 3.05) is 18.2 Å². The molecule has 0 aliphatic carbocycles. The van der Waals surface area contributed by atoms with Gasteiger partial charge >= 0.3 is 0 Å². The number of nitriles is 1. The second kappa shape index (κ2) is 5.41. The van der Waals surface area contributed by atoms with Crippen molar-refractivity contribution in [3.63, 3.8) is 0 Å². The van der Waals surface area contributed by atoms with Gasteiger partial charge in [0.15, 0.2) is 0 Å². The van der Waals surface area contributed by atoms with Crippen LogP contribution in [0.1, 0.15) is 11.3 Å². The first-order valence-corrected chi connectivity index (χ1v) is 6.28. The number of ether oxygens (including phenoxy) is 1. The molecular formula is C15H12N4O. The van der Waals surface area contributed by atoms with Crippen LogP contribution in [0.4, 0.5) is 5.69 Å². The highest BCUT2D eigenvalue weighted by Crippen LogP contribution is 2.22. The van der Waals surface area contributed by atoms with E-state index >= 15 is 0 Å². The predicted molar refractivity (Wildman–Crippen MR) is 75.2 cm³/mol. The first-order valence-electron chi connectivity index (χ1n) is 6.28. The summed E-state index contributed by atoms with van der Waals surface area (Å²) in [5.74, 6) is 0.476. The SMILES string of the molecule is N#Cc1ccccc1N1CCOC(c2ccccn2)=N1. The summed E-state index contributed by atoms with van der Waals surface area (Å²) in [6.07, 6.45) is 1.70. The topological polar surface area (TPSA) is 61.5 Å². The van der Waals surface area contributed by atoms with Crippen LogP contribution in [0.2, 0.25) is 0 Å². The molecule has 1 aromatic carbocycles. The number of aromatic nitrogens is 1. The summed E-state index contributed by atoms with van der Waals surface area (Å²) in [5.41, 5.74) is 2.07. The van der Waals surface area contributed by atoms with Gasteiger partial charge in [0, 0.05) is 6.20 Å². The van der Waals surface area contributed by atoms with Crippen LogP contribution < -0.4 is 5.01 Å². The summed E-state index contributed by atoms with van der Waals surface area (Å²) >= 11 is 0. The van der Waals surface area contributed by atoms with Crippen LogP contribution in [0.3, 0.4) is 0 Å². The van der Waals surface area contributed by atoms with E-state index < -0.39 is 0 Å². The van der Waals surface area contributed by atoms with Gasteiger partial charge in [-0.3, -0.25) is 9.99 Å². The number of para-hydroxylation sites is 1. The van der Waals surface area contributed by atoms with Crippen LogP contribution in [0.15, 0.2) is 53.8 Å². The second-order valence-corrected chi connectivity index (χ2v) is 4.22. The molecule has 5 heteroatoms. The third-order valence-corrected chi connectivity index (χ3v) is 2.94. The fourth-order valence-electron chi connectivity index (χ4n) is 2.00. The number of rotatable bonds is 2. The lowest BCUT2D eigenvalue weighted by Crippen LogP contribution is -2.31. The van der Waals surface area contributed by atoms with E-state index in [-0.39, 0.29) is 0 Å². The average Bonchev–Trinajstić information content (AvgIpc) is 2.56. The molecule has 20 heavy (non-hydrogen) atoms. The largest absolute Gasteiger partial charge is 0.473 e. The van der Waals surface area contributed by atoms with Gasteiger partial charge in [-0.05, 0) is 24.3 Å². The molecule has 0 N–H and O–H groups in total. The molecule has 1 aliphatic rings. The van der Waals surface area contributed by atoms with Gasteiger partial charge < -0.3 is 4.74 Å². The minimum absolute atomic E-state index is 0.476. The number of hydrazone groups is 1. The molecular weight excluding hydrogens is 252 g/mol. The molecule has 0 bridgehead atoms. The molecule has 0 unspecified atom stereocenters. The third kappa shape index (κ3) is 2.31. The van der Waals surface area contributed by atoms with Crippen LogP contribution in [0, 0.1) is 11.3 Å². The average molecular weight is 264 g/mol. The number of hydrogen-bond acceptors (Lipinski definition) is 5. The van der Waals surface area contributed by atoms with Crippen molar-refractivity contribution >= 4 is 11.6 Å². The van der Waals surface area contributed by atoms with Crippen LogP contribution in [-0.2, 0) is 4.74 Å². The Balaban J connectivity index is 1.97. The molecule has 0 spiro atoms. The van der Waals surface area contributed by atoms with Crippen LogP contribution in [0.5, 0.6) is 0 Å². The molecule has 1 aromatic heterocycles. The van der Waals surface area contributed by atoms with E-state index in [0.717, 1.165) is 5.69 Å². The number of nitrogens with zero attached hydrogens (tertiary/aromatic N) is 4. The normalized spacial score (nSPS) is 14.2. The van der Waals surface area contributed by atoms with Crippen molar-refractivity contribution in [3.8, 4) is 6.07 Å². The summed E-state index contributed by atoms with van der Waals surface area (Å²) in [7, 11) is 0. The second-order valence-electron chi connectivity index (χ2n) is 4.22. The predicted octanol–water partition coefficient (Wildman–Crippen LogP) is 2.15. The number of benzene rings is 1. The molecule has 98 valence electrons. The molecule has 2 aromatic rings. The first-order chi connectivity index (χ1) is 9.88. The van der Waals surface area contributed by atoms with Gasteiger partial charge in [-0.15, -0.1) is 5.10 Å². The maximum Gasteiger partial charge on any atom is 0.257 e. The number of pyridine rings is 1. The smallest absolute Gasteiger partial charge is 0.257 e. The Morgan fingerprint density at radius 1 is 1.15 bits per heavy atom. The summed E-state index contributed by atoms with van der Waals surface area (Å²) in [6.45, 7) is 1.12. The summed E-state index contributed by atoms with van der Waals surface area (Å²) in [4.78, 5) is 4.23. The number of anilines is 1. The van der Waals surface area contributed by atoms with Crippen molar-refractivity contribution in [1.82, 2.24) is 4.98 Å². The molecule has 0 atom stereocenters. The Morgan fingerprint density at radius 3 is 2.80 bits per heavy atom. The zero-order valence-corrected chi connectivity index (χ0v) is 10.7. The van der Waals surface area contributed by atoms with Crippen LogP contribution in [-0.4, -0.2) is 24.0 Å². The maximum atomic E-state index is 9.16. The van der Waals surface area contributed by atoms with Gasteiger partial charge in [0.05, 0.1) is 17.8 Å². The molecule has 0 saturated carbocycles. The fourth-order valence-corrected chi connectivity index (χ4v) is 2.00. The van der Waals surface area contributed by atoms with Crippen molar-refractivity contribution < 1.29 is 4.74 Å². The van der Waals surface area contributed by atoms with Gasteiger partial charge in [0.2, 0.25) is 0 Å². The molecule has 3 rings (SSSR count). The zero-order chi connectivity index (χ0) is 13.8. The Labute approximate surface area is 116 Å². The van der Waals surface area contributed by atoms with Gasteiger partial charge in [-0.2, -0.15) is 5.26 Å². The maximum absolute atomic E-state index is 9.16. The van der Waals surface area contributed by atoms with Gasteiger partial charge in [-0.25, -0.2) is 0 Å². The Hall–Kier alpha value is -2.87. The van der Waals surface area contributed by atoms with E-state index in [1.807, 2.05) is 36.4 Å². The van der Waals surface area contributed by atoms with Gasteiger partial charge in [-0.1, -0.05) is 18.2 Å². The fraction of sp³-hybridized carbons (Fsp3) is 0.133. The molecule has 0 saturated heterocycles. The van der Waals surface area contributed by atoms with Crippen molar-refractivity contribution in [3.05, 3.63) is 59.9 Å².